The molecule has 0 aliphatic carbocycles. The van der Waals surface area contributed by atoms with Gasteiger partial charge in [-0.1, -0.05) is 0 Å². The Morgan fingerprint density at radius 3 is 2.64 bits per heavy atom. The van der Waals surface area contributed by atoms with Crippen LogP contribution in [-0.2, 0) is 0 Å². The Kier molecular flexibility index (Phi) is 4.58. The van der Waals surface area contributed by atoms with E-state index < -0.39 is 0 Å². The Bertz CT molecular complexity index is 943. The molecule has 1 N–H and O–H groups in total. The van der Waals surface area contributed by atoms with E-state index in [-0.39, 0.29) is 18.0 Å². The van der Waals surface area contributed by atoms with E-state index in [9.17, 15) is 9.59 Å². The summed E-state index contributed by atoms with van der Waals surface area (Å²) in [5, 5.41) is 2.88. The SMILES string of the molecule is COc1ccc(NC(=O)c2ccc3c(c2)N(C)[C@H]2CCCN2C3=O)cc1OC. The third kappa shape index (κ3) is 2.93. The standard InChI is InChI=1S/C21H23N3O4/c1-23-16-11-13(6-8-15(16)21(26)24-10-4-5-19(23)24)20(25)22-14-7-9-17(27-2)18(12-14)28-3/h6-9,11-12,19H,4-5,10H2,1-3H3,(H,22,25)/t19-/m1/s1. The normalized spacial score (nSPS) is 17.8. The van der Waals surface area contributed by atoms with Crippen LogP contribution in [0.2, 0.25) is 0 Å². The van der Waals surface area contributed by atoms with Crippen LogP contribution >= 0.6 is 0 Å². The van der Waals surface area contributed by atoms with Crippen molar-refractivity contribution in [2.24, 2.45) is 0 Å². The molecule has 2 aliphatic heterocycles. The monoisotopic (exact) mass is 381 g/mol. The number of rotatable bonds is 4. The van der Waals surface area contributed by atoms with Gasteiger partial charge in [-0.2, -0.15) is 0 Å². The van der Waals surface area contributed by atoms with E-state index in [4.69, 9.17) is 9.47 Å². The molecule has 28 heavy (non-hydrogen) atoms. The minimum atomic E-state index is -0.246. The van der Waals surface area contributed by atoms with Crippen molar-refractivity contribution in [1.29, 1.82) is 0 Å². The summed E-state index contributed by atoms with van der Waals surface area (Å²) in [6.45, 7) is 0.787. The predicted octanol–water partition coefficient (Wildman–Crippen LogP) is 2.97. The molecule has 2 aliphatic rings. The lowest BCUT2D eigenvalue weighted by Crippen LogP contribution is -2.50. The summed E-state index contributed by atoms with van der Waals surface area (Å²) in [6.07, 6.45) is 2.02. The van der Waals surface area contributed by atoms with Gasteiger partial charge in [-0.15, -0.1) is 0 Å². The lowest BCUT2D eigenvalue weighted by molar-refractivity contribution is 0.0719. The first-order valence-corrected chi connectivity index (χ1v) is 9.24. The van der Waals surface area contributed by atoms with Crippen molar-refractivity contribution in [1.82, 2.24) is 4.90 Å². The van der Waals surface area contributed by atoms with Crippen LogP contribution < -0.4 is 19.7 Å². The van der Waals surface area contributed by atoms with E-state index in [1.54, 1.807) is 50.6 Å². The van der Waals surface area contributed by atoms with Crippen molar-refractivity contribution in [2.45, 2.75) is 19.0 Å². The van der Waals surface area contributed by atoms with Crippen molar-refractivity contribution < 1.29 is 19.1 Å². The first kappa shape index (κ1) is 18.2. The van der Waals surface area contributed by atoms with Crippen molar-refractivity contribution in [3.63, 3.8) is 0 Å². The second kappa shape index (κ2) is 7.07. The highest BCUT2D eigenvalue weighted by atomic mass is 16.5. The van der Waals surface area contributed by atoms with Crippen LogP contribution in [0.25, 0.3) is 0 Å². The summed E-state index contributed by atoms with van der Waals surface area (Å²) >= 11 is 0. The Morgan fingerprint density at radius 2 is 1.89 bits per heavy atom. The largest absolute Gasteiger partial charge is 0.493 e. The highest BCUT2D eigenvalue weighted by Gasteiger charge is 2.38. The minimum absolute atomic E-state index is 0.0439. The number of ether oxygens (including phenoxy) is 2. The molecule has 7 heteroatoms. The zero-order chi connectivity index (χ0) is 19.8. The zero-order valence-electron chi connectivity index (χ0n) is 16.2. The second-order valence-corrected chi connectivity index (χ2v) is 6.99. The number of hydrogen-bond donors (Lipinski definition) is 1. The van der Waals surface area contributed by atoms with E-state index in [1.807, 2.05) is 11.9 Å². The molecule has 2 aromatic rings. The molecule has 0 saturated carbocycles. The van der Waals surface area contributed by atoms with Crippen molar-refractivity contribution in [2.75, 3.05) is 38.0 Å². The molecule has 7 nitrogen and oxygen atoms in total. The van der Waals surface area contributed by atoms with E-state index in [2.05, 4.69) is 10.2 Å². The van der Waals surface area contributed by atoms with Crippen molar-refractivity contribution in [3.8, 4) is 11.5 Å². The molecule has 2 aromatic carbocycles. The number of hydrogen-bond acceptors (Lipinski definition) is 5. The number of anilines is 2. The zero-order valence-corrected chi connectivity index (χ0v) is 16.2. The van der Waals surface area contributed by atoms with Gasteiger partial charge in [0.1, 0.15) is 6.17 Å². The van der Waals surface area contributed by atoms with E-state index in [1.165, 1.54) is 0 Å². The molecule has 1 fully saturated rings. The third-order valence-electron chi connectivity index (χ3n) is 5.44. The van der Waals surface area contributed by atoms with Crippen molar-refractivity contribution >= 4 is 23.2 Å². The van der Waals surface area contributed by atoms with Gasteiger partial charge in [0, 0.05) is 30.9 Å². The van der Waals surface area contributed by atoms with Crippen LogP contribution in [0.15, 0.2) is 36.4 Å². The number of nitrogens with zero attached hydrogens (tertiary/aromatic N) is 2. The highest BCUT2D eigenvalue weighted by Crippen LogP contribution is 2.36. The molecule has 4 rings (SSSR count). The van der Waals surface area contributed by atoms with Crippen molar-refractivity contribution in [3.05, 3.63) is 47.5 Å². The van der Waals surface area contributed by atoms with Gasteiger partial charge in [0.05, 0.1) is 25.5 Å². The van der Waals surface area contributed by atoms with Crippen LogP contribution in [0.4, 0.5) is 11.4 Å². The highest BCUT2D eigenvalue weighted by molar-refractivity contribution is 6.08. The van der Waals surface area contributed by atoms with Gasteiger partial charge in [-0.05, 0) is 43.2 Å². The van der Waals surface area contributed by atoms with Gasteiger partial charge in [0.2, 0.25) is 0 Å². The van der Waals surface area contributed by atoms with Gasteiger partial charge in [-0.25, -0.2) is 0 Å². The van der Waals surface area contributed by atoms with Crippen LogP contribution in [0.5, 0.6) is 11.5 Å². The minimum Gasteiger partial charge on any atom is -0.493 e. The summed E-state index contributed by atoms with van der Waals surface area (Å²) in [7, 11) is 5.09. The quantitative estimate of drug-likeness (QED) is 0.882. The number of fused-ring (bicyclic) bond motifs is 2. The molecule has 1 saturated heterocycles. The second-order valence-electron chi connectivity index (χ2n) is 6.99. The Balaban J connectivity index is 1.60. The fraction of sp³-hybridized carbons (Fsp3) is 0.333. The molecule has 2 heterocycles. The number of nitrogens with one attached hydrogen (secondary N) is 1. The van der Waals surface area contributed by atoms with Crippen LogP contribution in [0.1, 0.15) is 33.6 Å². The molecule has 1 atom stereocenters. The summed E-state index contributed by atoms with van der Waals surface area (Å²) in [6, 6.07) is 10.4. The smallest absolute Gasteiger partial charge is 0.257 e. The summed E-state index contributed by atoms with van der Waals surface area (Å²) in [5.74, 6) is 0.931. The van der Waals surface area contributed by atoms with Gasteiger partial charge in [0.15, 0.2) is 11.5 Å². The van der Waals surface area contributed by atoms with Gasteiger partial charge in [-0.3, -0.25) is 9.59 Å². The third-order valence-corrected chi connectivity index (χ3v) is 5.44. The maximum absolute atomic E-state index is 12.8. The molecular weight excluding hydrogens is 358 g/mol. The number of amides is 2. The van der Waals surface area contributed by atoms with E-state index in [0.29, 0.717) is 28.3 Å². The molecule has 0 spiro atoms. The molecule has 2 amide bonds. The average Bonchev–Trinajstić information content (AvgIpc) is 3.22. The first-order chi connectivity index (χ1) is 13.5. The predicted molar refractivity (Wildman–Crippen MR) is 106 cm³/mol. The maximum Gasteiger partial charge on any atom is 0.257 e. The van der Waals surface area contributed by atoms with Crippen LogP contribution in [-0.4, -0.2) is 50.7 Å². The van der Waals surface area contributed by atoms with E-state index in [0.717, 1.165) is 25.1 Å². The Morgan fingerprint density at radius 1 is 1.11 bits per heavy atom. The summed E-state index contributed by atoms with van der Waals surface area (Å²) in [5.41, 5.74) is 2.54. The first-order valence-electron chi connectivity index (χ1n) is 9.24. The number of benzene rings is 2. The molecule has 0 bridgehead atoms. The van der Waals surface area contributed by atoms with Crippen LogP contribution in [0, 0.1) is 0 Å². The fourth-order valence-corrected chi connectivity index (χ4v) is 3.97. The van der Waals surface area contributed by atoms with Gasteiger partial charge >= 0.3 is 0 Å². The number of carbonyl (C=O) groups excluding carboxylic acids is 2. The lowest BCUT2D eigenvalue weighted by atomic mass is 10.0. The molecule has 0 unspecified atom stereocenters. The summed E-state index contributed by atoms with van der Waals surface area (Å²) in [4.78, 5) is 29.5. The molecular formula is C21H23N3O4. The average molecular weight is 381 g/mol. The number of methoxy groups -OCH3 is 2. The molecule has 0 aromatic heterocycles. The Labute approximate surface area is 163 Å². The van der Waals surface area contributed by atoms with Gasteiger partial charge in [0.25, 0.3) is 11.8 Å². The van der Waals surface area contributed by atoms with Gasteiger partial charge < -0.3 is 24.6 Å². The topological polar surface area (TPSA) is 71.1 Å². The van der Waals surface area contributed by atoms with Crippen LogP contribution in [0.3, 0.4) is 0 Å². The van der Waals surface area contributed by atoms with E-state index >= 15 is 0 Å². The number of carbonyl (C=O) groups is 2. The fourth-order valence-electron chi connectivity index (χ4n) is 3.97. The maximum atomic E-state index is 12.8. The molecule has 146 valence electrons. The summed E-state index contributed by atoms with van der Waals surface area (Å²) < 4.78 is 10.5. The Hall–Kier alpha value is -3.22. The lowest BCUT2D eigenvalue weighted by Gasteiger charge is -2.40. The molecule has 0 radical (unpaired) electrons.